The van der Waals surface area contributed by atoms with Crippen LogP contribution in [-0.4, -0.2) is 22.1 Å². The first kappa shape index (κ1) is 20.1. The first-order valence-corrected chi connectivity index (χ1v) is 11.2. The minimum absolute atomic E-state index is 0.00450. The molecule has 0 saturated heterocycles. The standard InChI is InChI=1S/C22H24ClN3O2S/c1-15(14-18-4-2-13-29-18)24-19(27)9-10-20-25-26-21(28-20)22(11-3-12-22)16-5-7-17(23)8-6-16/h2,4-8,13,15H,3,9-12,14H2,1H3,(H,24,27). The van der Waals surface area contributed by atoms with Crippen LogP contribution < -0.4 is 5.32 Å². The van der Waals surface area contributed by atoms with Crippen LogP contribution in [0.1, 0.15) is 54.8 Å². The van der Waals surface area contributed by atoms with Gasteiger partial charge in [-0.25, -0.2) is 0 Å². The van der Waals surface area contributed by atoms with E-state index >= 15 is 0 Å². The SMILES string of the molecule is CC(Cc1cccs1)NC(=O)CCc1nnc(C2(c3ccc(Cl)cc3)CCC2)o1. The van der Waals surface area contributed by atoms with Gasteiger partial charge in [0, 0.05) is 35.2 Å². The molecule has 0 aliphatic heterocycles. The first-order chi connectivity index (χ1) is 14.0. The average molecular weight is 430 g/mol. The van der Waals surface area contributed by atoms with Gasteiger partial charge < -0.3 is 9.73 Å². The average Bonchev–Trinajstić information content (AvgIpc) is 3.33. The van der Waals surface area contributed by atoms with Crippen LogP contribution in [0.25, 0.3) is 0 Å². The van der Waals surface area contributed by atoms with Gasteiger partial charge in [-0.05, 0) is 48.9 Å². The summed E-state index contributed by atoms with van der Waals surface area (Å²) in [5, 5.41) is 14.3. The van der Waals surface area contributed by atoms with Crippen molar-refractivity contribution in [1.29, 1.82) is 0 Å². The van der Waals surface area contributed by atoms with Gasteiger partial charge >= 0.3 is 0 Å². The lowest BCUT2D eigenvalue weighted by Crippen LogP contribution is -2.35. The molecule has 1 aliphatic rings. The summed E-state index contributed by atoms with van der Waals surface area (Å²) in [6.07, 6.45) is 4.72. The summed E-state index contributed by atoms with van der Waals surface area (Å²) >= 11 is 7.74. The van der Waals surface area contributed by atoms with E-state index < -0.39 is 0 Å². The molecule has 1 N–H and O–H groups in total. The Hall–Kier alpha value is -2.18. The molecule has 1 unspecified atom stereocenters. The van der Waals surface area contributed by atoms with Gasteiger partial charge in [-0.2, -0.15) is 0 Å². The number of halogens is 1. The molecule has 3 aromatic rings. The van der Waals surface area contributed by atoms with E-state index in [4.69, 9.17) is 16.0 Å². The lowest BCUT2D eigenvalue weighted by molar-refractivity contribution is -0.121. The van der Waals surface area contributed by atoms with Crippen LogP contribution in [-0.2, 0) is 23.1 Å². The number of carbonyl (C=O) groups excluding carboxylic acids is 1. The second-order valence-corrected chi connectivity index (χ2v) is 9.16. The van der Waals surface area contributed by atoms with Crippen LogP contribution in [0.4, 0.5) is 0 Å². The highest BCUT2D eigenvalue weighted by Crippen LogP contribution is 2.48. The van der Waals surface area contributed by atoms with Crippen molar-refractivity contribution >= 4 is 28.8 Å². The molecule has 152 valence electrons. The summed E-state index contributed by atoms with van der Waals surface area (Å²) < 4.78 is 5.98. The molecule has 0 radical (unpaired) electrons. The Labute approximate surface area is 179 Å². The van der Waals surface area contributed by atoms with Gasteiger partial charge in [0.2, 0.25) is 17.7 Å². The fraction of sp³-hybridized carbons (Fsp3) is 0.409. The predicted molar refractivity (Wildman–Crippen MR) is 114 cm³/mol. The summed E-state index contributed by atoms with van der Waals surface area (Å²) in [6, 6.07) is 12.1. The second kappa shape index (κ2) is 8.67. The zero-order valence-electron chi connectivity index (χ0n) is 16.4. The molecule has 1 amide bonds. The van der Waals surface area contributed by atoms with Crippen LogP contribution in [0.5, 0.6) is 0 Å². The summed E-state index contributed by atoms with van der Waals surface area (Å²) in [4.78, 5) is 13.5. The third-order valence-corrected chi connectivity index (χ3v) is 6.69. The molecule has 4 rings (SSSR count). The molecule has 7 heteroatoms. The Kier molecular flexibility index (Phi) is 6.01. The number of carbonyl (C=O) groups is 1. The zero-order chi connectivity index (χ0) is 20.3. The monoisotopic (exact) mass is 429 g/mol. The van der Waals surface area contributed by atoms with E-state index in [1.54, 1.807) is 11.3 Å². The van der Waals surface area contributed by atoms with E-state index in [9.17, 15) is 4.79 Å². The van der Waals surface area contributed by atoms with E-state index in [2.05, 4.69) is 27.0 Å². The van der Waals surface area contributed by atoms with Gasteiger partial charge in [-0.1, -0.05) is 36.2 Å². The number of benzene rings is 1. The van der Waals surface area contributed by atoms with Crippen molar-refractivity contribution in [2.75, 3.05) is 0 Å². The number of hydrogen-bond donors (Lipinski definition) is 1. The minimum Gasteiger partial charge on any atom is -0.424 e. The smallest absolute Gasteiger partial charge is 0.227 e. The Morgan fingerprint density at radius 3 is 2.72 bits per heavy atom. The highest BCUT2D eigenvalue weighted by molar-refractivity contribution is 7.09. The first-order valence-electron chi connectivity index (χ1n) is 9.96. The quantitative estimate of drug-likeness (QED) is 0.551. The second-order valence-electron chi connectivity index (χ2n) is 7.70. The number of thiophene rings is 1. The highest BCUT2D eigenvalue weighted by atomic mass is 35.5. The van der Waals surface area contributed by atoms with E-state index in [1.165, 1.54) is 4.88 Å². The number of aryl methyl sites for hydroxylation is 1. The Bertz CT molecular complexity index is 949. The third kappa shape index (κ3) is 4.54. The molecule has 2 aromatic heterocycles. The maximum atomic E-state index is 12.3. The van der Waals surface area contributed by atoms with Gasteiger partial charge in [-0.15, -0.1) is 21.5 Å². The van der Waals surface area contributed by atoms with Gasteiger partial charge in [-0.3, -0.25) is 4.79 Å². The van der Waals surface area contributed by atoms with Crippen LogP contribution in [0, 0.1) is 0 Å². The van der Waals surface area contributed by atoms with E-state index in [-0.39, 0.29) is 17.4 Å². The molecule has 1 saturated carbocycles. The Morgan fingerprint density at radius 1 is 1.28 bits per heavy atom. The molecule has 2 heterocycles. The van der Waals surface area contributed by atoms with Crippen molar-refractivity contribution < 1.29 is 9.21 Å². The predicted octanol–water partition coefficient (Wildman–Crippen LogP) is 4.93. The normalized spacial score (nSPS) is 16.2. The molecule has 29 heavy (non-hydrogen) atoms. The molecule has 0 spiro atoms. The summed E-state index contributed by atoms with van der Waals surface area (Å²) in [5.41, 5.74) is 0.941. The van der Waals surface area contributed by atoms with Gasteiger partial charge in [0.15, 0.2) is 0 Å². The van der Waals surface area contributed by atoms with Crippen molar-refractivity contribution in [3.8, 4) is 0 Å². The molecular weight excluding hydrogens is 406 g/mol. The Morgan fingerprint density at radius 2 is 2.07 bits per heavy atom. The molecule has 1 fully saturated rings. The minimum atomic E-state index is -0.215. The van der Waals surface area contributed by atoms with Crippen molar-refractivity contribution in [3.05, 3.63) is 69.0 Å². The highest BCUT2D eigenvalue weighted by Gasteiger charge is 2.45. The third-order valence-electron chi connectivity index (χ3n) is 5.54. The topological polar surface area (TPSA) is 68.0 Å². The van der Waals surface area contributed by atoms with Gasteiger partial charge in [0.1, 0.15) is 0 Å². The number of amides is 1. The summed E-state index contributed by atoms with van der Waals surface area (Å²) in [5.74, 6) is 1.17. The summed E-state index contributed by atoms with van der Waals surface area (Å²) in [7, 11) is 0. The number of nitrogens with one attached hydrogen (secondary N) is 1. The zero-order valence-corrected chi connectivity index (χ0v) is 17.9. The molecular formula is C22H24ClN3O2S. The number of hydrogen-bond acceptors (Lipinski definition) is 5. The van der Waals surface area contributed by atoms with Crippen molar-refractivity contribution in [2.45, 2.75) is 56.9 Å². The largest absolute Gasteiger partial charge is 0.424 e. The molecule has 5 nitrogen and oxygen atoms in total. The number of aromatic nitrogens is 2. The number of rotatable bonds is 8. The van der Waals surface area contributed by atoms with Crippen LogP contribution >= 0.6 is 22.9 Å². The van der Waals surface area contributed by atoms with Crippen molar-refractivity contribution in [2.24, 2.45) is 0 Å². The molecule has 1 atom stereocenters. The Balaban J connectivity index is 1.34. The van der Waals surface area contributed by atoms with Crippen LogP contribution in [0.3, 0.4) is 0 Å². The maximum absolute atomic E-state index is 12.3. The fourth-order valence-corrected chi connectivity index (χ4v) is 4.78. The maximum Gasteiger partial charge on any atom is 0.227 e. The lowest BCUT2D eigenvalue weighted by atomic mass is 9.64. The van der Waals surface area contributed by atoms with Gasteiger partial charge in [0.25, 0.3) is 0 Å². The lowest BCUT2D eigenvalue weighted by Gasteiger charge is -2.39. The van der Waals surface area contributed by atoms with Gasteiger partial charge in [0.05, 0.1) is 5.41 Å². The van der Waals surface area contributed by atoms with Crippen LogP contribution in [0.15, 0.2) is 46.2 Å². The summed E-state index contributed by atoms with van der Waals surface area (Å²) in [6.45, 7) is 2.02. The van der Waals surface area contributed by atoms with E-state index in [1.807, 2.05) is 37.3 Å². The fourth-order valence-electron chi connectivity index (χ4n) is 3.82. The molecule has 1 aromatic carbocycles. The van der Waals surface area contributed by atoms with Crippen LogP contribution in [0.2, 0.25) is 5.02 Å². The van der Waals surface area contributed by atoms with Crippen molar-refractivity contribution in [1.82, 2.24) is 15.5 Å². The van der Waals surface area contributed by atoms with E-state index in [0.29, 0.717) is 29.6 Å². The molecule has 0 bridgehead atoms. The van der Waals surface area contributed by atoms with Crippen molar-refractivity contribution in [3.63, 3.8) is 0 Å². The molecule has 1 aliphatic carbocycles. The van der Waals surface area contributed by atoms with E-state index in [0.717, 1.165) is 31.2 Å². The number of nitrogens with zero attached hydrogens (tertiary/aromatic N) is 2.